The molecule has 0 atom stereocenters. The predicted molar refractivity (Wildman–Crippen MR) is 67.3 cm³/mol. The Morgan fingerprint density at radius 3 is 2.58 bits per heavy atom. The van der Waals surface area contributed by atoms with Crippen molar-refractivity contribution in [1.82, 2.24) is 0 Å². The van der Waals surface area contributed by atoms with Gasteiger partial charge in [0, 0.05) is 0 Å². The zero-order chi connectivity index (χ0) is 13.8. The molecule has 1 aromatic rings. The lowest BCUT2D eigenvalue weighted by atomic mass is 10.2. The number of esters is 2. The van der Waals surface area contributed by atoms with E-state index in [1.165, 1.54) is 13.2 Å². The van der Waals surface area contributed by atoms with Crippen LogP contribution in [0.2, 0.25) is 0 Å². The Labute approximate surface area is 111 Å². The molecule has 5 nitrogen and oxygen atoms in total. The summed E-state index contributed by atoms with van der Waals surface area (Å²) in [5, 5.41) is 0. The van der Waals surface area contributed by atoms with Crippen LogP contribution < -0.4 is 9.47 Å². The first kappa shape index (κ1) is 13.4. The zero-order valence-electron chi connectivity index (χ0n) is 11.0. The van der Waals surface area contributed by atoms with Crippen molar-refractivity contribution in [2.75, 3.05) is 13.7 Å². The van der Waals surface area contributed by atoms with Crippen molar-refractivity contribution in [2.45, 2.75) is 19.8 Å². The van der Waals surface area contributed by atoms with Gasteiger partial charge in [-0.1, -0.05) is 0 Å². The SMILES string of the molecule is CCOC(=O)c1ccc(OC(=O)C2CC2)c(OC)c1. The fourth-order valence-electron chi connectivity index (χ4n) is 1.60. The maximum absolute atomic E-state index is 11.6. The van der Waals surface area contributed by atoms with Gasteiger partial charge >= 0.3 is 11.9 Å². The minimum atomic E-state index is -0.430. The molecular formula is C14H16O5. The third-order valence-corrected chi connectivity index (χ3v) is 2.80. The van der Waals surface area contributed by atoms with Crippen LogP contribution in [0.5, 0.6) is 11.5 Å². The molecule has 0 aromatic heterocycles. The van der Waals surface area contributed by atoms with Crippen molar-refractivity contribution in [3.63, 3.8) is 0 Å². The normalized spacial score (nSPS) is 13.8. The summed E-state index contributed by atoms with van der Waals surface area (Å²) in [6.07, 6.45) is 1.75. The summed E-state index contributed by atoms with van der Waals surface area (Å²) in [6, 6.07) is 4.61. The summed E-state index contributed by atoms with van der Waals surface area (Å²) in [4.78, 5) is 23.2. The van der Waals surface area contributed by atoms with Crippen LogP contribution in [0.15, 0.2) is 18.2 Å². The first-order valence-corrected chi connectivity index (χ1v) is 6.22. The standard InChI is InChI=1S/C14H16O5/c1-3-18-13(15)10-6-7-11(12(8-10)17-2)19-14(16)9-4-5-9/h6-9H,3-5H2,1-2H3. The third kappa shape index (κ3) is 3.24. The maximum atomic E-state index is 11.6. The van der Waals surface area contributed by atoms with E-state index >= 15 is 0 Å². The Bertz CT molecular complexity index is 491. The molecule has 5 heteroatoms. The van der Waals surface area contributed by atoms with Gasteiger partial charge in [0.25, 0.3) is 0 Å². The van der Waals surface area contributed by atoms with E-state index in [-0.39, 0.29) is 11.9 Å². The number of ether oxygens (including phenoxy) is 3. The van der Waals surface area contributed by atoms with Crippen LogP contribution >= 0.6 is 0 Å². The Balaban J connectivity index is 2.15. The number of rotatable bonds is 5. The summed E-state index contributed by atoms with van der Waals surface area (Å²) in [5.74, 6) is 0.00416. The first-order valence-electron chi connectivity index (χ1n) is 6.22. The van der Waals surface area contributed by atoms with E-state index in [2.05, 4.69) is 0 Å². The van der Waals surface area contributed by atoms with Crippen molar-refractivity contribution in [2.24, 2.45) is 5.92 Å². The molecule has 1 fully saturated rings. The summed E-state index contributed by atoms with van der Waals surface area (Å²) in [6.45, 7) is 2.04. The molecule has 1 saturated carbocycles. The van der Waals surface area contributed by atoms with Gasteiger partial charge in [0.1, 0.15) is 0 Å². The fourth-order valence-corrected chi connectivity index (χ4v) is 1.60. The van der Waals surface area contributed by atoms with Gasteiger partial charge in [-0.3, -0.25) is 4.79 Å². The smallest absolute Gasteiger partial charge is 0.338 e. The van der Waals surface area contributed by atoms with E-state index in [4.69, 9.17) is 14.2 Å². The van der Waals surface area contributed by atoms with Crippen molar-refractivity contribution < 1.29 is 23.8 Å². The molecule has 0 unspecified atom stereocenters. The maximum Gasteiger partial charge on any atom is 0.338 e. The molecule has 0 heterocycles. The minimum Gasteiger partial charge on any atom is -0.493 e. The van der Waals surface area contributed by atoms with Crippen LogP contribution in [0.4, 0.5) is 0 Å². The monoisotopic (exact) mass is 264 g/mol. The molecule has 0 aliphatic heterocycles. The lowest BCUT2D eigenvalue weighted by Gasteiger charge is -2.10. The second-order valence-electron chi connectivity index (χ2n) is 4.28. The molecule has 1 aromatic carbocycles. The zero-order valence-corrected chi connectivity index (χ0v) is 11.0. The highest BCUT2D eigenvalue weighted by Gasteiger charge is 2.32. The van der Waals surface area contributed by atoms with Crippen molar-refractivity contribution >= 4 is 11.9 Å². The van der Waals surface area contributed by atoms with Crippen LogP contribution in [0.3, 0.4) is 0 Å². The first-order chi connectivity index (χ1) is 9.15. The predicted octanol–water partition coefficient (Wildman–Crippen LogP) is 2.19. The molecule has 2 rings (SSSR count). The van der Waals surface area contributed by atoms with Gasteiger partial charge in [-0.2, -0.15) is 0 Å². The molecule has 0 N–H and O–H groups in total. The number of carbonyl (C=O) groups excluding carboxylic acids is 2. The van der Waals surface area contributed by atoms with Crippen LogP contribution in [-0.2, 0) is 9.53 Å². The minimum absolute atomic E-state index is 0.00874. The average Bonchev–Trinajstić information content (AvgIpc) is 3.23. The van der Waals surface area contributed by atoms with Gasteiger partial charge in [0.15, 0.2) is 11.5 Å². The van der Waals surface area contributed by atoms with E-state index in [0.29, 0.717) is 23.7 Å². The van der Waals surface area contributed by atoms with Gasteiger partial charge in [0.05, 0.1) is 25.2 Å². The quantitative estimate of drug-likeness (QED) is 0.602. The molecule has 102 valence electrons. The Hall–Kier alpha value is -2.04. The molecule has 0 spiro atoms. The topological polar surface area (TPSA) is 61.8 Å². The van der Waals surface area contributed by atoms with Gasteiger partial charge in [0.2, 0.25) is 0 Å². The van der Waals surface area contributed by atoms with Crippen LogP contribution in [-0.4, -0.2) is 25.7 Å². The molecule has 0 bridgehead atoms. The molecule has 0 radical (unpaired) electrons. The number of benzene rings is 1. The molecule has 0 saturated heterocycles. The van der Waals surface area contributed by atoms with E-state index in [1.54, 1.807) is 19.1 Å². The van der Waals surface area contributed by atoms with E-state index in [1.807, 2.05) is 0 Å². The van der Waals surface area contributed by atoms with Crippen LogP contribution in [0.25, 0.3) is 0 Å². The van der Waals surface area contributed by atoms with Crippen molar-refractivity contribution in [3.8, 4) is 11.5 Å². The van der Waals surface area contributed by atoms with Crippen molar-refractivity contribution in [3.05, 3.63) is 23.8 Å². The lowest BCUT2D eigenvalue weighted by molar-refractivity contribution is -0.135. The number of hydrogen-bond donors (Lipinski definition) is 0. The molecule has 0 amide bonds. The average molecular weight is 264 g/mol. The Morgan fingerprint density at radius 1 is 1.26 bits per heavy atom. The molecule has 1 aliphatic carbocycles. The van der Waals surface area contributed by atoms with Crippen LogP contribution in [0.1, 0.15) is 30.1 Å². The third-order valence-electron chi connectivity index (χ3n) is 2.80. The van der Waals surface area contributed by atoms with E-state index in [9.17, 15) is 9.59 Å². The molecule has 19 heavy (non-hydrogen) atoms. The van der Waals surface area contributed by atoms with Gasteiger partial charge < -0.3 is 14.2 Å². The summed E-state index contributed by atoms with van der Waals surface area (Å²) < 4.78 is 15.3. The van der Waals surface area contributed by atoms with Gasteiger partial charge in [-0.15, -0.1) is 0 Å². The second kappa shape index (κ2) is 5.73. The highest BCUT2D eigenvalue weighted by Crippen LogP contribution is 2.34. The number of methoxy groups -OCH3 is 1. The van der Waals surface area contributed by atoms with E-state index < -0.39 is 5.97 Å². The largest absolute Gasteiger partial charge is 0.493 e. The molecule has 1 aliphatic rings. The van der Waals surface area contributed by atoms with Crippen LogP contribution in [0, 0.1) is 5.92 Å². The van der Waals surface area contributed by atoms with Crippen molar-refractivity contribution in [1.29, 1.82) is 0 Å². The number of hydrogen-bond acceptors (Lipinski definition) is 5. The summed E-state index contributed by atoms with van der Waals surface area (Å²) in [7, 11) is 1.46. The fraction of sp³-hybridized carbons (Fsp3) is 0.429. The second-order valence-corrected chi connectivity index (χ2v) is 4.28. The summed E-state index contributed by atoms with van der Waals surface area (Å²) in [5.41, 5.74) is 0.366. The Kier molecular flexibility index (Phi) is 4.04. The Morgan fingerprint density at radius 2 is 2.00 bits per heavy atom. The van der Waals surface area contributed by atoms with E-state index in [0.717, 1.165) is 12.8 Å². The molecular weight excluding hydrogens is 248 g/mol. The van der Waals surface area contributed by atoms with Gasteiger partial charge in [-0.05, 0) is 38.0 Å². The highest BCUT2D eigenvalue weighted by atomic mass is 16.6. The summed E-state index contributed by atoms with van der Waals surface area (Å²) >= 11 is 0. The highest BCUT2D eigenvalue weighted by molar-refractivity contribution is 5.90. The van der Waals surface area contributed by atoms with Gasteiger partial charge in [-0.25, -0.2) is 4.79 Å². The lowest BCUT2D eigenvalue weighted by Crippen LogP contribution is -2.11. The number of carbonyl (C=O) groups is 2.